The van der Waals surface area contributed by atoms with Crippen LogP contribution in [0.4, 0.5) is 0 Å². The van der Waals surface area contributed by atoms with Crippen LogP contribution in [-0.2, 0) is 0 Å². The van der Waals surface area contributed by atoms with E-state index in [4.69, 9.17) is 25.3 Å². The van der Waals surface area contributed by atoms with Gasteiger partial charge < -0.3 is 0 Å². The van der Waals surface area contributed by atoms with E-state index in [0.29, 0.717) is 0 Å². The Hall–Kier alpha value is 2.64. The Morgan fingerprint density at radius 1 is 1.08 bits per heavy atom. The molecule has 2 saturated heterocycles. The van der Waals surface area contributed by atoms with Crippen molar-refractivity contribution in [3.05, 3.63) is 0 Å². The Morgan fingerprint density at radius 2 is 1.62 bits per heavy atom. The summed E-state index contributed by atoms with van der Waals surface area (Å²) in [4.78, 5) is 0. The summed E-state index contributed by atoms with van der Waals surface area (Å²) in [6.45, 7) is 4.56. The molecule has 0 aromatic rings. The van der Waals surface area contributed by atoms with Gasteiger partial charge in [-0.25, -0.2) is 0 Å². The van der Waals surface area contributed by atoms with Gasteiger partial charge >= 0.3 is 108 Å². The second-order valence-corrected chi connectivity index (χ2v) is 38.3. The Labute approximate surface area is 107 Å². The van der Waals surface area contributed by atoms with Gasteiger partial charge in [0, 0.05) is 0 Å². The van der Waals surface area contributed by atoms with Crippen molar-refractivity contribution in [3.8, 4) is 0 Å². The summed E-state index contributed by atoms with van der Waals surface area (Å²) >= 11 is 9.41. The van der Waals surface area contributed by atoms with Gasteiger partial charge in [0.15, 0.2) is 0 Å². The standard InChI is InChI=1S/C6H12GeS6/c1-5(2)6(8,9)13-7(12-5)10-3-4-11-7/h8-9H,3-4H2,1-2H3. The molecule has 0 N–H and O–H groups in total. The van der Waals surface area contributed by atoms with E-state index in [9.17, 15) is 0 Å². The van der Waals surface area contributed by atoms with Gasteiger partial charge in [-0.05, 0) is 0 Å². The van der Waals surface area contributed by atoms with Crippen LogP contribution in [0.3, 0.4) is 0 Å². The quantitative estimate of drug-likeness (QED) is 0.389. The van der Waals surface area contributed by atoms with Gasteiger partial charge in [0.1, 0.15) is 0 Å². The van der Waals surface area contributed by atoms with E-state index in [-0.39, 0.29) is 8.16 Å². The van der Waals surface area contributed by atoms with Crippen molar-refractivity contribution in [1.82, 2.24) is 0 Å². The minimum atomic E-state index is -1.75. The Kier molecular flexibility index (Phi) is 3.58. The first-order valence-corrected chi connectivity index (χ1v) is 18.8. The number of hydrogen-bond donors (Lipinski definition) is 2. The van der Waals surface area contributed by atoms with E-state index >= 15 is 0 Å². The third-order valence-electron chi connectivity index (χ3n) is 2.07. The predicted octanol–water partition coefficient (Wildman–Crippen LogP) is 3.67. The maximum absolute atomic E-state index is 4.71. The Balaban J connectivity index is 2.23. The summed E-state index contributed by atoms with van der Waals surface area (Å²) in [6.07, 6.45) is 0. The zero-order valence-electron chi connectivity index (χ0n) is 7.44. The van der Waals surface area contributed by atoms with E-state index in [1.54, 1.807) is 0 Å². The van der Waals surface area contributed by atoms with Crippen molar-refractivity contribution in [2.45, 2.75) is 22.0 Å². The molecule has 2 aliphatic rings. The third kappa shape index (κ3) is 2.20. The van der Waals surface area contributed by atoms with Crippen LogP contribution in [-0.4, -0.2) is 28.4 Å². The van der Waals surface area contributed by atoms with Crippen molar-refractivity contribution >= 4 is 74.3 Å². The molecule has 2 heterocycles. The van der Waals surface area contributed by atoms with Crippen molar-refractivity contribution in [2.24, 2.45) is 0 Å². The molecule has 76 valence electrons. The molecule has 0 aromatic carbocycles. The molecule has 2 fully saturated rings. The monoisotopic (exact) mass is 350 g/mol. The van der Waals surface area contributed by atoms with Gasteiger partial charge in [0.05, 0.1) is 0 Å². The van der Waals surface area contributed by atoms with Gasteiger partial charge in [-0.2, -0.15) is 0 Å². The number of hydrogen-bond acceptors (Lipinski definition) is 6. The molecule has 0 aromatic heterocycles. The third-order valence-corrected chi connectivity index (χ3v) is 44.4. The number of thiol groups is 2. The normalized spacial score (nSPS) is 34.2. The molecule has 2 rings (SSSR count). The van der Waals surface area contributed by atoms with E-state index in [0.717, 1.165) is 0 Å². The zero-order chi connectivity index (χ0) is 9.74. The first-order chi connectivity index (χ1) is 5.87. The average Bonchev–Trinajstić information content (AvgIpc) is 2.39. The van der Waals surface area contributed by atoms with Crippen molar-refractivity contribution in [3.63, 3.8) is 0 Å². The molecule has 0 aliphatic carbocycles. The van der Waals surface area contributed by atoms with Gasteiger partial charge in [-0.15, -0.1) is 0 Å². The van der Waals surface area contributed by atoms with E-state index in [1.165, 1.54) is 11.5 Å². The topological polar surface area (TPSA) is 0 Å². The predicted molar refractivity (Wildman–Crippen MR) is 80.6 cm³/mol. The molecule has 0 radical (unpaired) electrons. The second kappa shape index (κ2) is 3.84. The van der Waals surface area contributed by atoms with Crippen LogP contribution in [0, 0.1) is 0 Å². The van der Waals surface area contributed by atoms with E-state index in [1.807, 2.05) is 0 Å². The summed E-state index contributed by atoms with van der Waals surface area (Å²) in [6, 6.07) is 0. The van der Waals surface area contributed by atoms with Crippen molar-refractivity contribution in [1.29, 1.82) is 0 Å². The van der Waals surface area contributed by atoms with Crippen LogP contribution < -0.4 is 0 Å². The maximum atomic E-state index is 4.71. The summed E-state index contributed by atoms with van der Waals surface area (Å²) in [5, 5.41) is 0. The molecule has 1 spiro atoms. The van der Waals surface area contributed by atoms with Gasteiger partial charge in [-0.1, -0.05) is 0 Å². The molecular weight excluding hydrogens is 337 g/mol. The fourth-order valence-corrected chi connectivity index (χ4v) is 62.9. The Bertz CT molecular complexity index is 203. The number of rotatable bonds is 0. The summed E-state index contributed by atoms with van der Waals surface area (Å²) in [5.74, 6) is 2.69. The second-order valence-electron chi connectivity index (χ2n) is 3.52. The van der Waals surface area contributed by atoms with Gasteiger partial charge in [0.2, 0.25) is 0 Å². The average molecular weight is 349 g/mol. The van der Waals surface area contributed by atoms with Crippen molar-refractivity contribution < 1.29 is 0 Å². The van der Waals surface area contributed by atoms with Crippen LogP contribution in [0.5, 0.6) is 0 Å². The molecule has 0 bridgehead atoms. The van der Waals surface area contributed by atoms with Crippen LogP contribution in [0.1, 0.15) is 13.8 Å². The first kappa shape index (κ1) is 12.1. The van der Waals surface area contributed by atoms with Crippen molar-refractivity contribution in [2.75, 3.05) is 11.5 Å². The van der Waals surface area contributed by atoms with E-state index in [2.05, 4.69) is 54.2 Å². The fourth-order valence-electron chi connectivity index (χ4n) is 1.19. The van der Waals surface area contributed by atoms with Crippen LogP contribution in [0.2, 0.25) is 0 Å². The SMILES string of the molecule is CC1(C)[S][Ge]2([S]CC[S]2)[S]C1(S)S. The minimum absolute atomic E-state index is 0.123. The molecule has 7 heteroatoms. The van der Waals surface area contributed by atoms with Crippen LogP contribution in [0.25, 0.3) is 0 Å². The molecule has 0 unspecified atom stereocenters. The van der Waals surface area contributed by atoms with Crippen LogP contribution in [0.15, 0.2) is 0 Å². The molecule has 2 aliphatic heterocycles. The summed E-state index contributed by atoms with van der Waals surface area (Å²) in [7, 11) is 7.02. The zero-order valence-corrected chi connectivity index (χ0v) is 14.6. The molecular formula is C6H12GeS6. The molecule has 0 atom stereocenters. The molecule has 13 heavy (non-hydrogen) atoms. The first-order valence-electron chi connectivity index (χ1n) is 4.00. The van der Waals surface area contributed by atoms with Gasteiger partial charge in [-0.3, -0.25) is 0 Å². The Morgan fingerprint density at radius 3 is 2.00 bits per heavy atom. The molecule has 0 amide bonds. The molecule has 0 nitrogen and oxygen atoms in total. The molecule has 0 saturated carbocycles. The van der Waals surface area contributed by atoms with E-state index < -0.39 is 8.70 Å². The summed E-state index contributed by atoms with van der Waals surface area (Å²) in [5.41, 5.74) is 0. The van der Waals surface area contributed by atoms with Crippen LogP contribution >= 0.6 is 65.6 Å². The summed E-state index contributed by atoms with van der Waals surface area (Å²) < 4.78 is 0.0935. The van der Waals surface area contributed by atoms with Gasteiger partial charge in [0.25, 0.3) is 0 Å². The fraction of sp³-hybridized carbons (Fsp3) is 1.00.